The van der Waals surface area contributed by atoms with Crippen LogP contribution in [0.3, 0.4) is 0 Å². The first-order valence-electron chi connectivity index (χ1n) is 7.84. The Balaban J connectivity index is 2.30. The van der Waals surface area contributed by atoms with Gasteiger partial charge in [0.25, 0.3) is 5.91 Å². The lowest BCUT2D eigenvalue weighted by Gasteiger charge is -2.12. The summed E-state index contributed by atoms with van der Waals surface area (Å²) in [5.74, 6) is -3.40. The molecule has 2 rings (SSSR count). The van der Waals surface area contributed by atoms with Gasteiger partial charge >= 0.3 is 5.97 Å². The fourth-order valence-electron chi connectivity index (χ4n) is 2.15. The third kappa shape index (κ3) is 5.89. The van der Waals surface area contributed by atoms with Crippen LogP contribution in [0.4, 0.5) is 14.5 Å². The van der Waals surface area contributed by atoms with Gasteiger partial charge < -0.3 is 19.9 Å². The van der Waals surface area contributed by atoms with Gasteiger partial charge in [0.1, 0.15) is 24.0 Å². The molecule has 0 saturated carbocycles. The molecule has 0 saturated heterocycles. The molecule has 6 nitrogen and oxygen atoms in total. The average molecular weight is 377 g/mol. The number of nitrogens with one attached hydrogen (secondary N) is 1. The van der Waals surface area contributed by atoms with E-state index in [9.17, 15) is 18.4 Å². The molecular weight excluding hydrogens is 360 g/mol. The Morgan fingerprint density at radius 1 is 1.15 bits per heavy atom. The van der Waals surface area contributed by atoms with E-state index in [-0.39, 0.29) is 17.9 Å². The topological polar surface area (TPSA) is 84.9 Å². The van der Waals surface area contributed by atoms with E-state index in [1.165, 1.54) is 25.3 Å². The Morgan fingerprint density at radius 2 is 1.93 bits per heavy atom. The van der Waals surface area contributed by atoms with Crippen LogP contribution in [0, 0.1) is 11.6 Å². The molecule has 0 bridgehead atoms. The summed E-state index contributed by atoms with van der Waals surface area (Å²) < 4.78 is 37.2. The smallest absolute Gasteiger partial charge is 0.328 e. The van der Waals surface area contributed by atoms with Crippen molar-refractivity contribution in [1.82, 2.24) is 0 Å². The number of amides is 1. The molecular formula is C19H17F2NO5. The van der Waals surface area contributed by atoms with Crippen molar-refractivity contribution in [2.45, 2.75) is 0 Å². The summed E-state index contributed by atoms with van der Waals surface area (Å²) in [6.07, 6.45) is 2.17. The lowest BCUT2D eigenvalue weighted by atomic mass is 10.1. The molecule has 2 aromatic carbocycles. The molecule has 2 N–H and O–H groups in total. The minimum Gasteiger partial charge on any atom is -0.491 e. The fraction of sp³-hybridized carbons (Fsp3) is 0.158. The number of benzene rings is 2. The van der Waals surface area contributed by atoms with E-state index < -0.39 is 23.5 Å². The first-order chi connectivity index (χ1) is 12.9. The first-order valence-corrected chi connectivity index (χ1v) is 7.84. The molecule has 0 aliphatic carbocycles. The zero-order valence-corrected chi connectivity index (χ0v) is 14.4. The van der Waals surface area contributed by atoms with E-state index in [1.807, 2.05) is 0 Å². The summed E-state index contributed by atoms with van der Waals surface area (Å²) in [5, 5.41) is 11.3. The van der Waals surface area contributed by atoms with E-state index in [2.05, 4.69) is 5.32 Å². The Kier molecular flexibility index (Phi) is 7.01. The molecule has 1 amide bonds. The van der Waals surface area contributed by atoms with Crippen molar-refractivity contribution in [1.29, 1.82) is 0 Å². The highest BCUT2D eigenvalue weighted by Gasteiger charge is 2.14. The number of halogens is 2. The number of aliphatic carboxylic acids is 1. The lowest BCUT2D eigenvalue weighted by molar-refractivity contribution is -0.131. The van der Waals surface area contributed by atoms with Crippen LogP contribution in [-0.4, -0.2) is 37.3 Å². The number of carboxylic acids is 1. The second-order valence-corrected chi connectivity index (χ2v) is 5.34. The maximum absolute atomic E-state index is 13.8. The van der Waals surface area contributed by atoms with Crippen LogP contribution >= 0.6 is 0 Å². The van der Waals surface area contributed by atoms with Gasteiger partial charge in [-0.2, -0.15) is 0 Å². The SMILES string of the molecule is COCCOc1ccc(C=CC(=O)O)c(NC(=O)c2ccc(F)cc2F)c1. The number of hydrogen-bond acceptors (Lipinski definition) is 4. The van der Waals surface area contributed by atoms with Gasteiger partial charge in [-0.1, -0.05) is 0 Å². The number of rotatable bonds is 8. The second-order valence-electron chi connectivity index (χ2n) is 5.34. The number of carbonyl (C=O) groups is 2. The predicted molar refractivity (Wildman–Crippen MR) is 94.8 cm³/mol. The highest BCUT2D eigenvalue weighted by atomic mass is 19.1. The van der Waals surface area contributed by atoms with Gasteiger partial charge in [0, 0.05) is 25.3 Å². The van der Waals surface area contributed by atoms with Gasteiger partial charge in [0.15, 0.2) is 0 Å². The highest BCUT2D eigenvalue weighted by Crippen LogP contribution is 2.25. The molecule has 0 fully saturated rings. The molecule has 27 heavy (non-hydrogen) atoms. The maximum atomic E-state index is 13.8. The summed E-state index contributed by atoms with van der Waals surface area (Å²) in [4.78, 5) is 23.1. The molecule has 0 aliphatic rings. The van der Waals surface area contributed by atoms with Crippen molar-refractivity contribution in [2.75, 3.05) is 25.6 Å². The number of carboxylic acid groups (broad SMARTS) is 1. The van der Waals surface area contributed by atoms with Gasteiger partial charge in [0.2, 0.25) is 0 Å². The van der Waals surface area contributed by atoms with Crippen LogP contribution < -0.4 is 10.1 Å². The summed E-state index contributed by atoms with van der Waals surface area (Å²) in [6.45, 7) is 0.615. The Labute approximate surface area is 154 Å². The Morgan fingerprint density at radius 3 is 2.59 bits per heavy atom. The van der Waals surface area contributed by atoms with Crippen molar-refractivity contribution in [3.05, 3.63) is 65.2 Å². The van der Waals surface area contributed by atoms with Crippen LogP contribution in [0.2, 0.25) is 0 Å². The van der Waals surface area contributed by atoms with Crippen LogP contribution in [-0.2, 0) is 9.53 Å². The molecule has 0 spiro atoms. The molecule has 2 aromatic rings. The largest absolute Gasteiger partial charge is 0.491 e. The van der Waals surface area contributed by atoms with Crippen LogP contribution in [0.15, 0.2) is 42.5 Å². The van der Waals surface area contributed by atoms with Gasteiger partial charge in [-0.25, -0.2) is 13.6 Å². The molecule has 0 heterocycles. The lowest BCUT2D eigenvalue weighted by Crippen LogP contribution is -2.15. The molecule has 0 aliphatic heterocycles. The van der Waals surface area contributed by atoms with Gasteiger partial charge in [0.05, 0.1) is 17.9 Å². The summed E-state index contributed by atoms with van der Waals surface area (Å²) >= 11 is 0. The van der Waals surface area contributed by atoms with Gasteiger partial charge in [-0.05, 0) is 35.9 Å². The van der Waals surface area contributed by atoms with E-state index in [0.717, 1.165) is 18.2 Å². The second kappa shape index (κ2) is 9.44. The number of methoxy groups -OCH3 is 1. The average Bonchev–Trinajstić information content (AvgIpc) is 2.61. The number of anilines is 1. The minimum absolute atomic E-state index is 0.205. The van der Waals surface area contributed by atoms with Crippen LogP contribution in [0.25, 0.3) is 6.08 Å². The van der Waals surface area contributed by atoms with Crippen LogP contribution in [0.5, 0.6) is 5.75 Å². The van der Waals surface area contributed by atoms with E-state index in [4.69, 9.17) is 14.6 Å². The summed E-state index contributed by atoms with van der Waals surface area (Å²) in [5.41, 5.74) is 0.221. The number of carbonyl (C=O) groups excluding carboxylic acids is 1. The first kappa shape index (κ1) is 20.1. The fourth-order valence-corrected chi connectivity index (χ4v) is 2.15. The zero-order valence-electron chi connectivity index (χ0n) is 14.4. The molecule has 0 aromatic heterocycles. The van der Waals surface area contributed by atoms with Crippen molar-refractivity contribution in [2.24, 2.45) is 0 Å². The van der Waals surface area contributed by atoms with Gasteiger partial charge in [-0.15, -0.1) is 0 Å². The molecule has 0 atom stereocenters. The third-order valence-electron chi connectivity index (χ3n) is 3.41. The van der Waals surface area contributed by atoms with Crippen molar-refractivity contribution in [3.63, 3.8) is 0 Å². The standard InChI is InChI=1S/C19H17F2NO5/c1-26-8-9-27-14-5-2-12(3-7-18(23)24)17(11-14)22-19(25)15-6-4-13(20)10-16(15)21/h2-7,10-11H,8-9H2,1H3,(H,22,25)(H,23,24). The summed E-state index contributed by atoms with van der Waals surface area (Å²) in [7, 11) is 1.52. The van der Waals surface area contributed by atoms with Crippen molar-refractivity contribution in [3.8, 4) is 5.75 Å². The Bertz CT molecular complexity index is 867. The number of hydrogen-bond donors (Lipinski definition) is 2. The van der Waals surface area contributed by atoms with Crippen LogP contribution in [0.1, 0.15) is 15.9 Å². The molecule has 142 valence electrons. The normalized spacial score (nSPS) is 10.8. The maximum Gasteiger partial charge on any atom is 0.328 e. The molecule has 8 heteroatoms. The highest BCUT2D eigenvalue weighted by molar-refractivity contribution is 6.05. The molecule has 0 unspecified atom stereocenters. The van der Waals surface area contributed by atoms with Crippen molar-refractivity contribution < 1.29 is 33.0 Å². The third-order valence-corrected chi connectivity index (χ3v) is 3.41. The van der Waals surface area contributed by atoms with Crippen molar-refractivity contribution >= 4 is 23.6 Å². The monoisotopic (exact) mass is 377 g/mol. The van der Waals surface area contributed by atoms with E-state index >= 15 is 0 Å². The quantitative estimate of drug-likeness (QED) is 0.544. The molecule has 0 radical (unpaired) electrons. The zero-order chi connectivity index (χ0) is 19.8. The van der Waals surface area contributed by atoms with E-state index in [1.54, 1.807) is 6.07 Å². The predicted octanol–water partition coefficient (Wildman–Crippen LogP) is 3.34. The Hall–Kier alpha value is -3.26. The van der Waals surface area contributed by atoms with Gasteiger partial charge in [-0.3, -0.25) is 4.79 Å². The summed E-state index contributed by atoms with van der Waals surface area (Å²) in [6, 6.07) is 7.18. The number of ether oxygens (including phenoxy) is 2. The minimum atomic E-state index is -1.17. The van der Waals surface area contributed by atoms with E-state index in [0.29, 0.717) is 24.0 Å².